The highest BCUT2D eigenvalue weighted by atomic mass is 16.5. The third kappa shape index (κ3) is 2.80. The first kappa shape index (κ1) is 16.8. The first-order valence-corrected chi connectivity index (χ1v) is 8.98. The molecule has 6 heteroatoms. The normalized spacial score (nSPS) is 16.5. The molecular weight excluding hydrogens is 332 g/mol. The number of carbonyl (C=O) groups excluding carboxylic acids is 2. The molecule has 1 aliphatic heterocycles. The van der Waals surface area contributed by atoms with Gasteiger partial charge in [-0.05, 0) is 37.5 Å². The minimum atomic E-state index is -0.138. The number of ether oxygens (including phenoxy) is 1. The summed E-state index contributed by atoms with van der Waals surface area (Å²) < 4.78 is 5.76. The van der Waals surface area contributed by atoms with Crippen LogP contribution in [-0.2, 0) is 19.6 Å². The Bertz CT molecular complexity index is 884. The van der Waals surface area contributed by atoms with Gasteiger partial charge in [-0.15, -0.1) is 0 Å². The number of hydrogen-bond acceptors (Lipinski definition) is 4. The van der Waals surface area contributed by atoms with Crippen LogP contribution in [0, 0.1) is 6.92 Å². The molecule has 0 bridgehead atoms. The van der Waals surface area contributed by atoms with Crippen molar-refractivity contribution in [3.63, 3.8) is 0 Å². The molecule has 26 heavy (non-hydrogen) atoms. The molecule has 4 rings (SSSR count). The van der Waals surface area contributed by atoms with Crippen LogP contribution in [0.4, 0.5) is 0 Å². The lowest BCUT2D eigenvalue weighted by Gasteiger charge is -2.21. The summed E-state index contributed by atoms with van der Waals surface area (Å²) in [6.45, 7) is 3.05. The molecule has 0 fully saturated rings. The molecule has 0 unspecified atom stereocenters. The van der Waals surface area contributed by atoms with Gasteiger partial charge in [0.15, 0.2) is 5.78 Å². The molecule has 1 amide bonds. The van der Waals surface area contributed by atoms with E-state index in [0.717, 1.165) is 41.1 Å². The second kappa shape index (κ2) is 6.61. The number of nitrogens with one attached hydrogen (secondary N) is 1. The number of ketones is 1. The highest BCUT2D eigenvalue weighted by Gasteiger charge is 2.31. The van der Waals surface area contributed by atoms with Crippen molar-refractivity contribution < 1.29 is 19.4 Å². The molecule has 0 spiro atoms. The van der Waals surface area contributed by atoms with Crippen LogP contribution in [0.1, 0.15) is 56.1 Å². The molecule has 2 aromatic rings. The second-order valence-corrected chi connectivity index (χ2v) is 6.93. The number of aryl methyl sites for hydroxylation is 2. The molecule has 1 aliphatic carbocycles. The Morgan fingerprint density at radius 3 is 3.00 bits per heavy atom. The quantitative estimate of drug-likeness (QED) is 0.867. The largest absolute Gasteiger partial charge is 0.491 e. The Labute approximate surface area is 151 Å². The van der Waals surface area contributed by atoms with E-state index in [2.05, 4.69) is 4.98 Å². The second-order valence-electron chi connectivity index (χ2n) is 6.93. The van der Waals surface area contributed by atoms with E-state index in [1.54, 1.807) is 4.90 Å². The maximum Gasteiger partial charge on any atom is 0.256 e. The molecule has 136 valence electrons. The predicted molar refractivity (Wildman–Crippen MR) is 95.4 cm³/mol. The van der Waals surface area contributed by atoms with Crippen LogP contribution in [0.2, 0.25) is 0 Å². The summed E-state index contributed by atoms with van der Waals surface area (Å²) in [6.07, 6.45) is 2.13. The number of Topliss-reactive ketones (excluding diaryl/α,β-unsaturated/α-hetero) is 1. The van der Waals surface area contributed by atoms with Crippen LogP contribution in [-0.4, -0.2) is 39.8 Å². The molecule has 2 N–H and O–H groups in total. The number of benzene rings is 1. The molecule has 0 saturated carbocycles. The van der Waals surface area contributed by atoms with Gasteiger partial charge in [-0.2, -0.15) is 0 Å². The zero-order valence-corrected chi connectivity index (χ0v) is 14.8. The van der Waals surface area contributed by atoms with Gasteiger partial charge in [-0.1, -0.05) is 6.07 Å². The van der Waals surface area contributed by atoms with E-state index in [4.69, 9.17) is 4.74 Å². The SMILES string of the molecule is Cc1[nH]c2c(c1C(=O)N1CCOc3ccc(CO)cc3C1)C(=O)CCC2. The van der Waals surface area contributed by atoms with Gasteiger partial charge in [0.25, 0.3) is 5.91 Å². The van der Waals surface area contributed by atoms with Crippen LogP contribution in [0.5, 0.6) is 5.75 Å². The smallest absolute Gasteiger partial charge is 0.256 e. The van der Waals surface area contributed by atoms with E-state index >= 15 is 0 Å². The van der Waals surface area contributed by atoms with E-state index in [1.807, 2.05) is 25.1 Å². The maximum absolute atomic E-state index is 13.3. The average Bonchev–Trinajstić information content (AvgIpc) is 2.84. The van der Waals surface area contributed by atoms with Gasteiger partial charge in [-0.3, -0.25) is 9.59 Å². The van der Waals surface area contributed by atoms with E-state index in [-0.39, 0.29) is 18.3 Å². The number of H-pyrrole nitrogens is 1. The lowest BCUT2D eigenvalue weighted by atomic mass is 9.92. The van der Waals surface area contributed by atoms with E-state index < -0.39 is 0 Å². The third-order valence-corrected chi connectivity index (χ3v) is 5.16. The third-order valence-electron chi connectivity index (χ3n) is 5.16. The van der Waals surface area contributed by atoms with Crippen molar-refractivity contribution in [1.82, 2.24) is 9.88 Å². The molecule has 6 nitrogen and oxygen atoms in total. The van der Waals surface area contributed by atoms with Crippen LogP contribution < -0.4 is 4.74 Å². The summed E-state index contributed by atoms with van der Waals surface area (Å²) >= 11 is 0. The van der Waals surface area contributed by atoms with Crippen LogP contribution in [0.25, 0.3) is 0 Å². The summed E-state index contributed by atoms with van der Waals surface area (Å²) in [5.74, 6) is 0.649. The Kier molecular flexibility index (Phi) is 4.28. The monoisotopic (exact) mass is 354 g/mol. The molecular formula is C20H22N2O4. The number of aromatic nitrogens is 1. The van der Waals surface area contributed by atoms with Gasteiger partial charge in [0.1, 0.15) is 12.4 Å². The fourth-order valence-corrected chi connectivity index (χ4v) is 3.88. The molecule has 2 aliphatic rings. The van der Waals surface area contributed by atoms with Crippen molar-refractivity contribution in [2.24, 2.45) is 0 Å². The number of carbonyl (C=O) groups is 2. The van der Waals surface area contributed by atoms with E-state index in [0.29, 0.717) is 37.2 Å². The Morgan fingerprint density at radius 1 is 1.35 bits per heavy atom. The van der Waals surface area contributed by atoms with Crippen molar-refractivity contribution in [2.45, 2.75) is 39.3 Å². The number of hydrogen-bond donors (Lipinski definition) is 2. The fourth-order valence-electron chi connectivity index (χ4n) is 3.88. The summed E-state index contributed by atoms with van der Waals surface area (Å²) in [5.41, 5.74) is 4.38. The number of rotatable bonds is 2. The number of aliphatic hydroxyl groups excluding tert-OH is 1. The summed E-state index contributed by atoms with van der Waals surface area (Å²) in [6, 6.07) is 5.52. The number of fused-ring (bicyclic) bond motifs is 2. The predicted octanol–water partition coefficient (Wildman–Crippen LogP) is 2.37. The van der Waals surface area contributed by atoms with Crippen LogP contribution in [0.15, 0.2) is 18.2 Å². The molecule has 0 atom stereocenters. The van der Waals surface area contributed by atoms with Crippen molar-refractivity contribution in [3.8, 4) is 5.75 Å². The zero-order valence-electron chi connectivity index (χ0n) is 14.8. The van der Waals surface area contributed by atoms with Gasteiger partial charge in [0.2, 0.25) is 0 Å². The van der Waals surface area contributed by atoms with Crippen molar-refractivity contribution in [3.05, 3.63) is 51.8 Å². The Morgan fingerprint density at radius 2 is 2.19 bits per heavy atom. The minimum Gasteiger partial charge on any atom is -0.491 e. The van der Waals surface area contributed by atoms with Gasteiger partial charge in [-0.25, -0.2) is 0 Å². The average molecular weight is 354 g/mol. The molecule has 2 heterocycles. The fraction of sp³-hybridized carbons (Fsp3) is 0.400. The van der Waals surface area contributed by atoms with Crippen molar-refractivity contribution >= 4 is 11.7 Å². The maximum atomic E-state index is 13.3. The molecule has 0 saturated heterocycles. The first-order chi connectivity index (χ1) is 12.6. The standard InChI is InChI=1S/C20H22N2O4/c1-12-18(19-15(21-12)3-2-4-16(19)24)20(25)22-7-8-26-17-6-5-13(11-23)9-14(17)10-22/h5-6,9,21,23H,2-4,7-8,10-11H2,1H3. The van der Waals surface area contributed by atoms with Gasteiger partial charge >= 0.3 is 0 Å². The minimum absolute atomic E-state index is 0.0491. The number of aliphatic hydroxyl groups is 1. The van der Waals surface area contributed by atoms with Crippen molar-refractivity contribution in [1.29, 1.82) is 0 Å². The van der Waals surface area contributed by atoms with E-state index in [1.165, 1.54) is 0 Å². The zero-order chi connectivity index (χ0) is 18.3. The number of aromatic amines is 1. The lowest BCUT2D eigenvalue weighted by molar-refractivity contribution is 0.0727. The lowest BCUT2D eigenvalue weighted by Crippen LogP contribution is -2.33. The van der Waals surface area contributed by atoms with Crippen LogP contribution in [0.3, 0.4) is 0 Å². The highest BCUT2D eigenvalue weighted by molar-refractivity contribution is 6.10. The van der Waals surface area contributed by atoms with Gasteiger partial charge < -0.3 is 19.7 Å². The summed E-state index contributed by atoms with van der Waals surface area (Å²) in [4.78, 5) is 30.6. The number of amides is 1. The van der Waals surface area contributed by atoms with Crippen LogP contribution >= 0.6 is 0 Å². The summed E-state index contributed by atoms with van der Waals surface area (Å²) in [5, 5.41) is 9.37. The first-order valence-electron chi connectivity index (χ1n) is 8.98. The highest BCUT2D eigenvalue weighted by Crippen LogP contribution is 2.30. The molecule has 1 aromatic heterocycles. The summed E-state index contributed by atoms with van der Waals surface area (Å²) in [7, 11) is 0. The number of nitrogens with zero attached hydrogens (tertiary/aromatic N) is 1. The van der Waals surface area contributed by atoms with Gasteiger partial charge in [0, 0.05) is 29.9 Å². The van der Waals surface area contributed by atoms with E-state index in [9.17, 15) is 14.7 Å². The Balaban J connectivity index is 1.69. The molecule has 0 radical (unpaired) electrons. The van der Waals surface area contributed by atoms with Crippen molar-refractivity contribution in [2.75, 3.05) is 13.2 Å². The Hall–Kier alpha value is -2.60. The van der Waals surface area contributed by atoms with Gasteiger partial charge in [0.05, 0.1) is 24.3 Å². The molecule has 1 aromatic carbocycles. The topological polar surface area (TPSA) is 82.6 Å².